The second-order valence-electron chi connectivity index (χ2n) is 6.06. The van der Waals surface area contributed by atoms with Crippen LogP contribution in [0.15, 0.2) is 46.9 Å². The Morgan fingerprint density at radius 3 is 2.38 bits per heavy atom. The van der Waals surface area contributed by atoms with Crippen LogP contribution in [0.25, 0.3) is 0 Å². The molecule has 3 rings (SSSR count). The Balaban J connectivity index is 1.63. The maximum Gasteiger partial charge on any atom is 0.294 e. The maximum atomic E-state index is 12.5. The quantitative estimate of drug-likeness (QED) is 0.536. The van der Waals surface area contributed by atoms with Gasteiger partial charge >= 0.3 is 0 Å². The zero-order valence-corrected chi connectivity index (χ0v) is 16.2. The van der Waals surface area contributed by atoms with Gasteiger partial charge in [-0.1, -0.05) is 39.7 Å². The van der Waals surface area contributed by atoms with E-state index in [1.165, 1.54) is 6.07 Å². The lowest BCUT2D eigenvalue weighted by Crippen LogP contribution is -2.49. The SMILES string of the molecule is O=C(Cc1ccc(Br)cc1)N1CCN(c2ccc(Cl)cc2[N+](=O)[O-])CC1. The van der Waals surface area contributed by atoms with Crippen LogP contribution in [0.3, 0.4) is 0 Å². The third-order valence-corrected chi connectivity index (χ3v) is 5.14. The Labute approximate surface area is 164 Å². The highest BCUT2D eigenvalue weighted by Crippen LogP contribution is 2.31. The van der Waals surface area contributed by atoms with Crippen molar-refractivity contribution in [1.29, 1.82) is 0 Å². The number of anilines is 1. The highest BCUT2D eigenvalue weighted by atomic mass is 79.9. The fraction of sp³-hybridized carbons (Fsp3) is 0.278. The second-order valence-corrected chi connectivity index (χ2v) is 7.41. The number of carbonyl (C=O) groups excluding carboxylic acids is 1. The first-order valence-corrected chi connectivity index (χ1v) is 9.32. The van der Waals surface area contributed by atoms with Crippen LogP contribution >= 0.6 is 27.5 Å². The molecule has 1 saturated heterocycles. The van der Waals surface area contributed by atoms with Gasteiger partial charge in [-0.15, -0.1) is 0 Å². The second kappa shape index (κ2) is 8.05. The normalized spacial score (nSPS) is 14.4. The summed E-state index contributed by atoms with van der Waals surface area (Å²) in [6.07, 6.45) is 0.356. The van der Waals surface area contributed by atoms with Gasteiger partial charge in [0, 0.05) is 41.7 Å². The van der Waals surface area contributed by atoms with Crippen molar-refractivity contribution >= 4 is 44.8 Å². The molecule has 8 heteroatoms. The highest BCUT2D eigenvalue weighted by Gasteiger charge is 2.26. The number of carbonyl (C=O) groups is 1. The topological polar surface area (TPSA) is 66.7 Å². The predicted octanol–water partition coefficient (Wildman–Crippen LogP) is 3.90. The molecule has 6 nitrogen and oxygen atoms in total. The van der Waals surface area contributed by atoms with Crippen molar-refractivity contribution in [2.45, 2.75) is 6.42 Å². The van der Waals surface area contributed by atoms with Gasteiger partial charge < -0.3 is 9.80 Å². The summed E-state index contributed by atoms with van der Waals surface area (Å²) in [6.45, 7) is 2.17. The van der Waals surface area contributed by atoms with Crippen molar-refractivity contribution in [3.05, 3.63) is 67.6 Å². The zero-order valence-electron chi connectivity index (χ0n) is 13.9. The molecule has 1 fully saturated rings. The van der Waals surface area contributed by atoms with E-state index in [2.05, 4.69) is 15.9 Å². The number of amides is 1. The molecule has 0 radical (unpaired) electrons. The predicted molar refractivity (Wildman–Crippen MR) is 105 cm³/mol. The molecule has 1 heterocycles. The number of nitro groups is 1. The Morgan fingerprint density at radius 1 is 1.12 bits per heavy atom. The number of hydrogen-bond donors (Lipinski definition) is 0. The molecular weight excluding hydrogens is 422 g/mol. The maximum absolute atomic E-state index is 12.5. The summed E-state index contributed by atoms with van der Waals surface area (Å²) in [5.41, 5.74) is 1.50. The smallest absolute Gasteiger partial charge is 0.294 e. The molecule has 0 bridgehead atoms. The Hall–Kier alpha value is -2.12. The molecule has 1 aliphatic rings. The van der Waals surface area contributed by atoms with Crippen molar-refractivity contribution in [3.8, 4) is 0 Å². The van der Waals surface area contributed by atoms with E-state index in [4.69, 9.17) is 11.6 Å². The highest BCUT2D eigenvalue weighted by molar-refractivity contribution is 9.10. The van der Waals surface area contributed by atoms with Gasteiger partial charge in [0.25, 0.3) is 5.69 Å². The van der Waals surface area contributed by atoms with E-state index in [0.717, 1.165) is 10.0 Å². The minimum atomic E-state index is -0.424. The van der Waals surface area contributed by atoms with Crippen LogP contribution in [0.2, 0.25) is 5.02 Å². The number of halogens is 2. The molecule has 1 aliphatic heterocycles. The zero-order chi connectivity index (χ0) is 18.7. The van der Waals surface area contributed by atoms with Gasteiger partial charge in [0.15, 0.2) is 0 Å². The van der Waals surface area contributed by atoms with Crippen molar-refractivity contribution in [2.24, 2.45) is 0 Å². The lowest BCUT2D eigenvalue weighted by molar-refractivity contribution is -0.384. The standard InChI is InChI=1S/C18H17BrClN3O3/c19-14-3-1-13(2-4-14)11-18(24)22-9-7-21(8-10-22)16-6-5-15(20)12-17(16)23(25)26/h1-6,12H,7-11H2. The molecule has 0 aliphatic carbocycles. The van der Waals surface area contributed by atoms with Crippen LogP contribution in [0.5, 0.6) is 0 Å². The summed E-state index contributed by atoms with van der Waals surface area (Å²) in [4.78, 5) is 27.1. The van der Waals surface area contributed by atoms with E-state index in [1.807, 2.05) is 29.2 Å². The number of nitrogens with zero attached hydrogens (tertiary/aromatic N) is 3. The van der Waals surface area contributed by atoms with Gasteiger partial charge in [0.05, 0.1) is 11.3 Å². The molecule has 0 saturated carbocycles. The summed E-state index contributed by atoms with van der Waals surface area (Å²) in [7, 11) is 0. The number of benzene rings is 2. The van der Waals surface area contributed by atoms with Gasteiger partial charge in [0.2, 0.25) is 5.91 Å². The average Bonchev–Trinajstić information content (AvgIpc) is 2.63. The van der Waals surface area contributed by atoms with Crippen molar-refractivity contribution < 1.29 is 9.72 Å². The van der Waals surface area contributed by atoms with Crippen molar-refractivity contribution in [2.75, 3.05) is 31.1 Å². The number of nitro benzene ring substituents is 1. The molecule has 0 atom stereocenters. The summed E-state index contributed by atoms with van der Waals surface area (Å²) < 4.78 is 0.979. The monoisotopic (exact) mass is 437 g/mol. The lowest BCUT2D eigenvalue weighted by Gasteiger charge is -2.36. The summed E-state index contributed by atoms with van der Waals surface area (Å²) >= 11 is 9.25. The molecule has 26 heavy (non-hydrogen) atoms. The minimum absolute atomic E-state index is 0.00728. The van der Waals surface area contributed by atoms with Gasteiger partial charge in [-0.05, 0) is 29.8 Å². The van der Waals surface area contributed by atoms with Crippen LogP contribution < -0.4 is 4.90 Å². The number of hydrogen-bond acceptors (Lipinski definition) is 4. The van der Waals surface area contributed by atoms with Crippen LogP contribution in [0.4, 0.5) is 11.4 Å². The lowest BCUT2D eigenvalue weighted by atomic mass is 10.1. The van der Waals surface area contributed by atoms with Crippen LogP contribution in [0.1, 0.15) is 5.56 Å². The number of rotatable bonds is 4. The van der Waals surface area contributed by atoms with E-state index in [9.17, 15) is 14.9 Å². The van der Waals surface area contributed by atoms with E-state index < -0.39 is 4.92 Å². The van der Waals surface area contributed by atoms with Crippen LogP contribution in [-0.2, 0) is 11.2 Å². The van der Waals surface area contributed by atoms with E-state index >= 15 is 0 Å². The van der Waals surface area contributed by atoms with E-state index in [-0.39, 0.29) is 11.6 Å². The third-order valence-electron chi connectivity index (χ3n) is 4.38. The average molecular weight is 439 g/mol. The van der Waals surface area contributed by atoms with Crippen molar-refractivity contribution in [1.82, 2.24) is 4.90 Å². The largest absolute Gasteiger partial charge is 0.362 e. The minimum Gasteiger partial charge on any atom is -0.362 e. The summed E-state index contributed by atoms with van der Waals surface area (Å²) in [6, 6.07) is 12.4. The summed E-state index contributed by atoms with van der Waals surface area (Å²) in [5.74, 6) is 0.0672. The molecule has 2 aromatic rings. The summed E-state index contributed by atoms with van der Waals surface area (Å²) in [5, 5.41) is 11.6. The molecule has 1 amide bonds. The third kappa shape index (κ3) is 4.34. The fourth-order valence-electron chi connectivity index (χ4n) is 3.00. The molecule has 2 aromatic carbocycles. The Kier molecular flexibility index (Phi) is 5.78. The van der Waals surface area contributed by atoms with Crippen molar-refractivity contribution in [3.63, 3.8) is 0 Å². The molecule has 0 aromatic heterocycles. The van der Waals surface area contributed by atoms with Gasteiger partial charge in [0.1, 0.15) is 5.69 Å². The van der Waals surface area contributed by atoms with E-state index in [0.29, 0.717) is 43.3 Å². The van der Waals surface area contributed by atoms with Gasteiger partial charge in [-0.25, -0.2) is 0 Å². The first-order valence-electron chi connectivity index (χ1n) is 8.15. The number of piperazine rings is 1. The molecule has 136 valence electrons. The molecule has 0 N–H and O–H groups in total. The van der Waals surface area contributed by atoms with Crippen LogP contribution in [0, 0.1) is 10.1 Å². The first kappa shape index (κ1) is 18.7. The van der Waals surface area contributed by atoms with Gasteiger partial charge in [-0.2, -0.15) is 0 Å². The Morgan fingerprint density at radius 2 is 1.77 bits per heavy atom. The first-order chi connectivity index (χ1) is 12.4. The fourth-order valence-corrected chi connectivity index (χ4v) is 3.43. The van der Waals surface area contributed by atoms with Gasteiger partial charge in [-0.3, -0.25) is 14.9 Å². The molecule has 0 spiro atoms. The van der Waals surface area contributed by atoms with Crippen LogP contribution in [-0.4, -0.2) is 41.9 Å². The molecule has 0 unspecified atom stereocenters. The molecular formula is C18H17BrClN3O3. The van der Waals surface area contributed by atoms with E-state index in [1.54, 1.807) is 17.0 Å². The Bertz CT molecular complexity index is 821.